The molecule has 1 aromatic carbocycles. The minimum absolute atomic E-state index is 0.0498. The number of pyridine rings is 1. The van der Waals surface area contributed by atoms with Gasteiger partial charge in [-0.25, -0.2) is 0 Å². The highest BCUT2D eigenvalue weighted by atomic mass is 16.2. The molecule has 0 aliphatic carbocycles. The zero-order valence-electron chi connectivity index (χ0n) is 12.3. The standard InChI is InChI=1S/C18H19N3O/c22-18(17-2-1-11-20-17)21-16-7-5-14(6-8-16)3-4-15-9-12-19-13-10-15/h3-10,12-13,17,20H,1-2,11H2,(H,21,22)/b4-3+. The average Bonchev–Trinajstić information content (AvgIpc) is 3.10. The van der Waals surface area contributed by atoms with Gasteiger partial charge in [-0.05, 0) is 54.8 Å². The van der Waals surface area contributed by atoms with Crippen LogP contribution < -0.4 is 10.6 Å². The lowest BCUT2D eigenvalue weighted by Gasteiger charge is -2.11. The number of amides is 1. The number of nitrogens with one attached hydrogen (secondary N) is 2. The molecule has 1 fully saturated rings. The number of carbonyl (C=O) groups excluding carboxylic acids is 1. The van der Waals surface area contributed by atoms with Crippen LogP contribution in [0.3, 0.4) is 0 Å². The molecular formula is C18H19N3O. The molecule has 0 saturated carbocycles. The summed E-state index contributed by atoms with van der Waals surface area (Å²) in [6, 6.07) is 11.7. The van der Waals surface area contributed by atoms with E-state index < -0.39 is 0 Å². The fraction of sp³-hybridized carbons (Fsp3) is 0.222. The molecule has 1 unspecified atom stereocenters. The Bertz CT molecular complexity index is 644. The lowest BCUT2D eigenvalue weighted by atomic mass is 10.1. The Hall–Kier alpha value is -2.46. The molecular weight excluding hydrogens is 274 g/mol. The predicted octanol–water partition coefficient (Wildman–Crippen LogP) is 2.94. The topological polar surface area (TPSA) is 54.0 Å². The number of anilines is 1. The monoisotopic (exact) mass is 293 g/mol. The summed E-state index contributed by atoms with van der Waals surface area (Å²) in [6.45, 7) is 0.927. The van der Waals surface area contributed by atoms with Crippen LogP contribution in [0.1, 0.15) is 24.0 Å². The van der Waals surface area contributed by atoms with Crippen molar-refractivity contribution in [2.75, 3.05) is 11.9 Å². The van der Waals surface area contributed by atoms with Crippen molar-refractivity contribution in [2.24, 2.45) is 0 Å². The second-order valence-electron chi connectivity index (χ2n) is 5.37. The molecule has 0 radical (unpaired) electrons. The lowest BCUT2D eigenvalue weighted by molar-refractivity contribution is -0.117. The summed E-state index contributed by atoms with van der Waals surface area (Å²) < 4.78 is 0. The van der Waals surface area contributed by atoms with Crippen molar-refractivity contribution in [1.29, 1.82) is 0 Å². The predicted molar refractivity (Wildman–Crippen MR) is 89.3 cm³/mol. The summed E-state index contributed by atoms with van der Waals surface area (Å²) in [7, 11) is 0. The summed E-state index contributed by atoms with van der Waals surface area (Å²) in [5.74, 6) is 0.0533. The van der Waals surface area contributed by atoms with E-state index in [4.69, 9.17) is 0 Å². The molecule has 0 spiro atoms. The number of aromatic nitrogens is 1. The van der Waals surface area contributed by atoms with Gasteiger partial charge in [0.15, 0.2) is 0 Å². The number of nitrogens with zero attached hydrogens (tertiary/aromatic N) is 1. The maximum atomic E-state index is 12.0. The first kappa shape index (κ1) is 14.5. The minimum atomic E-state index is -0.0498. The summed E-state index contributed by atoms with van der Waals surface area (Å²) in [4.78, 5) is 16.0. The molecule has 3 rings (SSSR count). The molecule has 2 N–H and O–H groups in total. The molecule has 1 aliphatic rings. The van der Waals surface area contributed by atoms with Crippen molar-refractivity contribution in [3.05, 3.63) is 59.9 Å². The lowest BCUT2D eigenvalue weighted by Crippen LogP contribution is -2.35. The average molecular weight is 293 g/mol. The Kier molecular flexibility index (Phi) is 4.61. The van der Waals surface area contributed by atoms with Crippen LogP contribution in [0, 0.1) is 0 Å². The first-order valence-corrected chi connectivity index (χ1v) is 7.54. The largest absolute Gasteiger partial charge is 0.325 e. The Labute approximate surface area is 130 Å². The molecule has 4 nitrogen and oxygen atoms in total. The first-order chi connectivity index (χ1) is 10.8. The van der Waals surface area contributed by atoms with Gasteiger partial charge in [0.2, 0.25) is 5.91 Å². The summed E-state index contributed by atoms with van der Waals surface area (Å²) >= 11 is 0. The number of carbonyl (C=O) groups is 1. The fourth-order valence-electron chi connectivity index (χ4n) is 2.48. The molecule has 1 atom stereocenters. The van der Waals surface area contributed by atoms with Gasteiger partial charge in [0.05, 0.1) is 6.04 Å². The Morgan fingerprint density at radius 3 is 2.41 bits per heavy atom. The van der Waals surface area contributed by atoms with Gasteiger partial charge >= 0.3 is 0 Å². The van der Waals surface area contributed by atoms with Gasteiger partial charge < -0.3 is 10.6 Å². The van der Waals surface area contributed by atoms with Crippen LogP contribution in [-0.4, -0.2) is 23.5 Å². The quantitative estimate of drug-likeness (QED) is 0.911. The van der Waals surface area contributed by atoms with Crippen LogP contribution >= 0.6 is 0 Å². The van der Waals surface area contributed by atoms with E-state index in [-0.39, 0.29) is 11.9 Å². The van der Waals surface area contributed by atoms with Crippen molar-refractivity contribution in [3.63, 3.8) is 0 Å². The van der Waals surface area contributed by atoms with Crippen LogP contribution in [-0.2, 0) is 4.79 Å². The van der Waals surface area contributed by atoms with Crippen LogP contribution in [0.5, 0.6) is 0 Å². The highest BCUT2D eigenvalue weighted by Crippen LogP contribution is 2.14. The van der Waals surface area contributed by atoms with E-state index in [0.717, 1.165) is 36.2 Å². The molecule has 2 aromatic rings. The highest BCUT2D eigenvalue weighted by Gasteiger charge is 2.21. The molecule has 4 heteroatoms. The molecule has 1 aliphatic heterocycles. The SMILES string of the molecule is O=C(Nc1ccc(/C=C/c2ccncc2)cc1)C1CCCN1. The van der Waals surface area contributed by atoms with Crippen LogP contribution in [0.25, 0.3) is 12.2 Å². The van der Waals surface area contributed by atoms with Gasteiger partial charge in [-0.2, -0.15) is 0 Å². The third kappa shape index (κ3) is 3.80. The normalized spacial score (nSPS) is 17.7. The van der Waals surface area contributed by atoms with Gasteiger partial charge in [0.1, 0.15) is 0 Å². The second kappa shape index (κ2) is 7.00. The van der Waals surface area contributed by atoms with E-state index in [1.165, 1.54) is 0 Å². The Morgan fingerprint density at radius 2 is 1.77 bits per heavy atom. The smallest absolute Gasteiger partial charge is 0.241 e. The number of benzene rings is 1. The van der Waals surface area contributed by atoms with E-state index in [2.05, 4.69) is 15.6 Å². The van der Waals surface area contributed by atoms with Crippen molar-refractivity contribution in [1.82, 2.24) is 10.3 Å². The van der Waals surface area contributed by atoms with Crippen LogP contribution in [0.4, 0.5) is 5.69 Å². The summed E-state index contributed by atoms with van der Waals surface area (Å²) in [5.41, 5.74) is 3.04. The molecule has 112 valence electrons. The van der Waals surface area contributed by atoms with E-state index >= 15 is 0 Å². The number of hydrogen-bond acceptors (Lipinski definition) is 3. The molecule has 1 amide bonds. The maximum Gasteiger partial charge on any atom is 0.241 e. The van der Waals surface area contributed by atoms with Gasteiger partial charge in [0.25, 0.3) is 0 Å². The van der Waals surface area contributed by atoms with Crippen LogP contribution in [0.2, 0.25) is 0 Å². The molecule has 1 aromatic heterocycles. The Morgan fingerprint density at radius 1 is 1.09 bits per heavy atom. The van der Waals surface area contributed by atoms with E-state index in [1.54, 1.807) is 12.4 Å². The van der Waals surface area contributed by atoms with Gasteiger partial charge in [-0.15, -0.1) is 0 Å². The fourth-order valence-corrected chi connectivity index (χ4v) is 2.48. The molecule has 2 heterocycles. The molecule has 1 saturated heterocycles. The summed E-state index contributed by atoms with van der Waals surface area (Å²) in [5, 5.41) is 6.15. The van der Waals surface area contributed by atoms with Crippen LogP contribution in [0.15, 0.2) is 48.8 Å². The Balaban J connectivity index is 1.60. The van der Waals surface area contributed by atoms with Crippen molar-refractivity contribution < 1.29 is 4.79 Å². The molecule has 0 bridgehead atoms. The third-order valence-electron chi connectivity index (χ3n) is 3.73. The third-order valence-corrected chi connectivity index (χ3v) is 3.73. The van der Waals surface area contributed by atoms with Crippen molar-refractivity contribution in [3.8, 4) is 0 Å². The minimum Gasteiger partial charge on any atom is -0.325 e. The van der Waals surface area contributed by atoms with Gasteiger partial charge in [0, 0.05) is 18.1 Å². The number of rotatable bonds is 4. The second-order valence-corrected chi connectivity index (χ2v) is 5.37. The van der Waals surface area contributed by atoms with E-state index in [1.807, 2.05) is 48.6 Å². The van der Waals surface area contributed by atoms with Gasteiger partial charge in [-0.1, -0.05) is 24.3 Å². The van der Waals surface area contributed by atoms with E-state index in [0.29, 0.717) is 0 Å². The first-order valence-electron chi connectivity index (χ1n) is 7.54. The zero-order chi connectivity index (χ0) is 15.2. The zero-order valence-corrected chi connectivity index (χ0v) is 12.3. The maximum absolute atomic E-state index is 12.0. The van der Waals surface area contributed by atoms with Crippen molar-refractivity contribution >= 4 is 23.7 Å². The van der Waals surface area contributed by atoms with Gasteiger partial charge in [-0.3, -0.25) is 9.78 Å². The highest BCUT2D eigenvalue weighted by molar-refractivity contribution is 5.95. The summed E-state index contributed by atoms with van der Waals surface area (Å²) in [6.07, 6.45) is 9.61. The molecule has 22 heavy (non-hydrogen) atoms. The van der Waals surface area contributed by atoms with E-state index in [9.17, 15) is 4.79 Å². The van der Waals surface area contributed by atoms with Crippen molar-refractivity contribution in [2.45, 2.75) is 18.9 Å². The number of hydrogen-bond donors (Lipinski definition) is 2.